The third kappa shape index (κ3) is 2.93. The van der Waals surface area contributed by atoms with E-state index in [4.69, 9.17) is 9.47 Å². The van der Waals surface area contributed by atoms with Crippen molar-refractivity contribution in [1.82, 2.24) is 0 Å². The molecular formula is C16H19IN2O2. The number of halogens is 1. The first-order valence-electron chi connectivity index (χ1n) is 7.02. The molecule has 2 heterocycles. The molecule has 2 aliphatic heterocycles. The predicted molar refractivity (Wildman–Crippen MR) is 92.3 cm³/mol. The molecule has 0 unspecified atom stereocenters. The Balaban J connectivity index is 2.01. The van der Waals surface area contributed by atoms with Crippen molar-refractivity contribution in [2.75, 3.05) is 13.2 Å². The highest BCUT2D eigenvalue weighted by atomic mass is 127. The van der Waals surface area contributed by atoms with Crippen molar-refractivity contribution in [3.05, 3.63) is 32.9 Å². The van der Waals surface area contributed by atoms with Gasteiger partial charge in [0.2, 0.25) is 11.8 Å². The number of benzene rings is 1. The summed E-state index contributed by atoms with van der Waals surface area (Å²) < 4.78 is 12.6. The minimum absolute atomic E-state index is 0.155. The monoisotopic (exact) mass is 398 g/mol. The average Bonchev–Trinajstić information content (AvgIpc) is 2.92. The molecule has 0 radical (unpaired) electrons. The van der Waals surface area contributed by atoms with Gasteiger partial charge in [0.1, 0.15) is 13.2 Å². The Bertz CT molecular complexity index is 595. The van der Waals surface area contributed by atoms with Gasteiger partial charge in [-0.1, -0.05) is 6.07 Å². The summed E-state index contributed by atoms with van der Waals surface area (Å²) in [5.74, 6) is 1.42. The van der Waals surface area contributed by atoms with Crippen LogP contribution in [0.5, 0.6) is 0 Å². The average molecular weight is 398 g/mol. The van der Waals surface area contributed by atoms with Crippen LogP contribution in [-0.4, -0.2) is 36.1 Å². The molecule has 0 spiro atoms. The third-order valence-corrected chi connectivity index (χ3v) is 4.55. The van der Waals surface area contributed by atoms with E-state index in [2.05, 4.69) is 60.3 Å². The largest absolute Gasteiger partial charge is 0.475 e. The van der Waals surface area contributed by atoms with Crippen molar-refractivity contribution in [3.63, 3.8) is 0 Å². The predicted octanol–water partition coefficient (Wildman–Crippen LogP) is 3.40. The molecule has 0 N–H and O–H groups in total. The summed E-state index contributed by atoms with van der Waals surface area (Å²) in [4.78, 5) is 9.31. The number of nitrogens with zero attached hydrogens (tertiary/aromatic N) is 2. The maximum absolute atomic E-state index is 5.76. The van der Waals surface area contributed by atoms with Gasteiger partial charge in [-0.15, -0.1) is 0 Å². The van der Waals surface area contributed by atoms with Crippen molar-refractivity contribution in [3.8, 4) is 0 Å². The molecule has 21 heavy (non-hydrogen) atoms. The van der Waals surface area contributed by atoms with Gasteiger partial charge >= 0.3 is 0 Å². The quantitative estimate of drug-likeness (QED) is 0.717. The Kier molecular flexibility index (Phi) is 3.50. The topological polar surface area (TPSA) is 43.2 Å². The van der Waals surface area contributed by atoms with Crippen LogP contribution in [0.3, 0.4) is 0 Å². The number of ether oxygens (including phenoxy) is 2. The molecule has 4 nitrogen and oxygen atoms in total. The van der Waals surface area contributed by atoms with E-state index in [0.29, 0.717) is 25.0 Å². The third-order valence-electron chi connectivity index (χ3n) is 3.39. The number of hydrogen-bond acceptors (Lipinski definition) is 4. The lowest BCUT2D eigenvalue weighted by Gasteiger charge is -2.09. The molecule has 0 saturated carbocycles. The van der Waals surface area contributed by atoms with E-state index >= 15 is 0 Å². The minimum atomic E-state index is -0.155. The van der Waals surface area contributed by atoms with E-state index in [9.17, 15) is 0 Å². The molecule has 0 bridgehead atoms. The lowest BCUT2D eigenvalue weighted by atomic mass is 10.1. The van der Waals surface area contributed by atoms with Crippen LogP contribution >= 0.6 is 22.6 Å². The Morgan fingerprint density at radius 1 is 0.905 bits per heavy atom. The normalized spacial score (nSPS) is 22.3. The molecule has 1 aromatic rings. The van der Waals surface area contributed by atoms with Crippen molar-refractivity contribution < 1.29 is 9.47 Å². The lowest BCUT2D eigenvalue weighted by molar-refractivity contribution is 0.278. The standard InChI is InChI=1S/C16H19IN2O2/c1-15(2)8-20-13(18-15)10-6-5-7-11(12(10)17)14-19-16(3,4)9-21-14/h5-7H,8-9H2,1-4H3. The molecule has 0 aliphatic carbocycles. The zero-order chi connectivity index (χ0) is 15.3. The van der Waals surface area contributed by atoms with Gasteiger partial charge in [-0.05, 0) is 62.4 Å². The molecule has 3 rings (SSSR count). The van der Waals surface area contributed by atoms with Gasteiger partial charge in [0.25, 0.3) is 0 Å². The zero-order valence-corrected chi connectivity index (χ0v) is 14.9. The second-order valence-corrected chi connectivity index (χ2v) is 7.78. The second-order valence-electron chi connectivity index (χ2n) is 6.70. The summed E-state index contributed by atoms with van der Waals surface area (Å²) in [6, 6.07) is 6.07. The van der Waals surface area contributed by atoms with Gasteiger partial charge < -0.3 is 9.47 Å². The Morgan fingerprint density at radius 3 is 1.67 bits per heavy atom. The second kappa shape index (κ2) is 4.97. The van der Waals surface area contributed by atoms with Crippen molar-refractivity contribution in [2.45, 2.75) is 38.8 Å². The highest BCUT2D eigenvalue weighted by Gasteiger charge is 2.31. The summed E-state index contributed by atoms with van der Waals surface area (Å²) >= 11 is 2.32. The first-order chi connectivity index (χ1) is 9.77. The van der Waals surface area contributed by atoms with Crippen LogP contribution < -0.4 is 0 Å². The van der Waals surface area contributed by atoms with Crippen LogP contribution in [0.15, 0.2) is 28.2 Å². The maximum Gasteiger partial charge on any atom is 0.217 e. The fraction of sp³-hybridized carbons (Fsp3) is 0.500. The molecule has 1 aromatic carbocycles. The van der Waals surface area contributed by atoms with Gasteiger partial charge in [0, 0.05) is 3.57 Å². The van der Waals surface area contributed by atoms with E-state index in [0.717, 1.165) is 14.7 Å². The summed E-state index contributed by atoms with van der Waals surface area (Å²) in [6.45, 7) is 9.53. The van der Waals surface area contributed by atoms with Crippen molar-refractivity contribution in [1.29, 1.82) is 0 Å². The first-order valence-corrected chi connectivity index (χ1v) is 8.10. The number of rotatable bonds is 2. The highest BCUT2D eigenvalue weighted by molar-refractivity contribution is 14.1. The van der Waals surface area contributed by atoms with Crippen molar-refractivity contribution >= 4 is 34.4 Å². The van der Waals surface area contributed by atoms with Crippen LogP contribution in [-0.2, 0) is 9.47 Å². The molecule has 2 aliphatic rings. The summed E-state index contributed by atoms with van der Waals surface area (Å²) in [5.41, 5.74) is 1.71. The molecule has 0 aromatic heterocycles. The summed E-state index contributed by atoms with van der Waals surface area (Å²) in [5, 5.41) is 0. The van der Waals surface area contributed by atoms with Crippen molar-refractivity contribution in [2.24, 2.45) is 9.98 Å². The molecule has 0 fully saturated rings. The maximum atomic E-state index is 5.76. The van der Waals surface area contributed by atoms with Gasteiger partial charge in [-0.3, -0.25) is 0 Å². The van der Waals surface area contributed by atoms with E-state index in [-0.39, 0.29) is 11.1 Å². The Morgan fingerprint density at radius 2 is 1.33 bits per heavy atom. The van der Waals surface area contributed by atoms with Crippen LogP contribution in [0.2, 0.25) is 0 Å². The SMILES string of the molecule is CC1(C)COC(c2cccc(C3=NC(C)(C)CO3)c2I)=N1. The zero-order valence-electron chi connectivity index (χ0n) is 12.7. The molecule has 0 amide bonds. The van der Waals surface area contributed by atoms with E-state index in [1.54, 1.807) is 0 Å². The van der Waals surface area contributed by atoms with E-state index in [1.807, 2.05) is 18.2 Å². The fourth-order valence-corrected chi connectivity index (χ4v) is 3.13. The van der Waals surface area contributed by atoms with Gasteiger partial charge in [-0.2, -0.15) is 0 Å². The summed E-state index contributed by atoms with van der Waals surface area (Å²) in [7, 11) is 0. The Hall–Kier alpha value is -1.11. The number of hydrogen-bond donors (Lipinski definition) is 0. The molecule has 0 saturated heterocycles. The van der Waals surface area contributed by atoms with Crippen LogP contribution in [0, 0.1) is 3.57 Å². The minimum Gasteiger partial charge on any atom is -0.475 e. The molecule has 0 atom stereocenters. The lowest BCUT2D eigenvalue weighted by Crippen LogP contribution is -2.17. The van der Waals surface area contributed by atoms with E-state index < -0.39 is 0 Å². The van der Waals surface area contributed by atoms with Crippen LogP contribution in [0.25, 0.3) is 0 Å². The van der Waals surface area contributed by atoms with Gasteiger partial charge in [0.15, 0.2) is 0 Å². The molecule has 112 valence electrons. The number of aliphatic imine (C=N–C) groups is 2. The van der Waals surface area contributed by atoms with E-state index in [1.165, 1.54) is 0 Å². The Labute approximate surface area is 138 Å². The smallest absolute Gasteiger partial charge is 0.217 e. The first kappa shape index (κ1) is 14.8. The fourth-order valence-electron chi connectivity index (χ4n) is 2.31. The highest BCUT2D eigenvalue weighted by Crippen LogP contribution is 2.28. The van der Waals surface area contributed by atoms with Gasteiger partial charge in [0.05, 0.1) is 22.2 Å². The summed E-state index contributed by atoms with van der Waals surface area (Å²) in [6.07, 6.45) is 0. The van der Waals surface area contributed by atoms with Gasteiger partial charge in [-0.25, -0.2) is 9.98 Å². The van der Waals surface area contributed by atoms with Crippen LogP contribution in [0.4, 0.5) is 0 Å². The van der Waals surface area contributed by atoms with Crippen LogP contribution in [0.1, 0.15) is 38.8 Å². The molecular weight excluding hydrogens is 379 g/mol. The molecule has 5 heteroatoms.